The third-order valence-electron chi connectivity index (χ3n) is 3.66. The van der Waals surface area contributed by atoms with Crippen LogP contribution in [-0.4, -0.2) is 17.0 Å². The molecule has 1 amide bonds. The Hall–Kier alpha value is -1.98. The number of anilines is 1. The second-order valence-electron chi connectivity index (χ2n) is 5.22. The van der Waals surface area contributed by atoms with Crippen molar-refractivity contribution in [1.29, 1.82) is 0 Å². The van der Waals surface area contributed by atoms with Crippen molar-refractivity contribution in [3.63, 3.8) is 0 Å². The van der Waals surface area contributed by atoms with Crippen molar-refractivity contribution in [1.82, 2.24) is 0 Å². The van der Waals surface area contributed by atoms with Gasteiger partial charge in [-0.05, 0) is 30.9 Å². The van der Waals surface area contributed by atoms with Gasteiger partial charge in [0.15, 0.2) is 11.6 Å². The normalized spacial score (nSPS) is 25.4. The third-order valence-corrected chi connectivity index (χ3v) is 3.66. The highest BCUT2D eigenvalue weighted by molar-refractivity contribution is 5.95. The molecular weight excluding hydrogens is 268 g/mol. The second kappa shape index (κ2) is 5.56. The van der Waals surface area contributed by atoms with Gasteiger partial charge in [-0.2, -0.15) is 0 Å². The Labute approximate surface area is 114 Å². The summed E-state index contributed by atoms with van der Waals surface area (Å²) in [6, 6.07) is 3.47. The number of benzene rings is 1. The lowest BCUT2D eigenvalue weighted by Gasteiger charge is -2.15. The summed E-state index contributed by atoms with van der Waals surface area (Å²) in [6.07, 6.45) is 0.846. The average Bonchev–Trinajstić information content (AvgIpc) is 2.77. The summed E-state index contributed by atoms with van der Waals surface area (Å²) < 4.78 is 26.5. The number of hydrogen-bond donors (Lipinski definition) is 2. The first-order valence-corrected chi connectivity index (χ1v) is 6.37. The van der Waals surface area contributed by atoms with Crippen LogP contribution in [0.2, 0.25) is 0 Å². The van der Waals surface area contributed by atoms with Gasteiger partial charge in [0.2, 0.25) is 5.91 Å². The maximum Gasteiger partial charge on any atom is 0.307 e. The van der Waals surface area contributed by atoms with E-state index in [1.165, 1.54) is 12.1 Å². The van der Waals surface area contributed by atoms with Crippen LogP contribution in [-0.2, 0) is 9.59 Å². The number of halogens is 2. The molecule has 1 fully saturated rings. The Kier molecular flexibility index (Phi) is 4.01. The number of nitrogens with one attached hydrogen (secondary N) is 1. The number of aliphatic carboxylic acids is 1. The number of hydrogen-bond acceptors (Lipinski definition) is 2. The molecule has 4 nitrogen and oxygen atoms in total. The highest BCUT2D eigenvalue weighted by Gasteiger charge is 2.41. The third kappa shape index (κ3) is 2.79. The Bertz CT molecular complexity index is 547. The van der Waals surface area contributed by atoms with Gasteiger partial charge < -0.3 is 10.4 Å². The highest BCUT2D eigenvalue weighted by Crippen LogP contribution is 2.37. The zero-order valence-electron chi connectivity index (χ0n) is 10.9. The van der Waals surface area contributed by atoms with Gasteiger partial charge in [0.25, 0.3) is 0 Å². The summed E-state index contributed by atoms with van der Waals surface area (Å²) in [6.45, 7) is 1.87. The molecule has 0 spiro atoms. The van der Waals surface area contributed by atoms with Crippen molar-refractivity contribution in [3.8, 4) is 0 Å². The minimum atomic E-state index is -1.14. The van der Waals surface area contributed by atoms with Crippen LogP contribution < -0.4 is 5.32 Å². The van der Waals surface area contributed by atoms with E-state index in [9.17, 15) is 18.4 Å². The maximum absolute atomic E-state index is 13.5. The lowest BCUT2D eigenvalue weighted by atomic mass is 9.95. The fourth-order valence-electron chi connectivity index (χ4n) is 2.68. The van der Waals surface area contributed by atoms with E-state index < -0.39 is 35.3 Å². The summed E-state index contributed by atoms with van der Waals surface area (Å²) in [5.74, 6) is -5.19. The van der Waals surface area contributed by atoms with Gasteiger partial charge >= 0.3 is 5.97 Å². The first kappa shape index (κ1) is 14.4. The first-order valence-electron chi connectivity index (χ1n) is 6.37. The molecule has 3 unspecified atom stereocenters. The Morgan fingerprint density at radius 3 is 2.55 bits per heavy atom. The number of carbonyl (C=O) groups excluding carboxylic acids is 1. The number of amides is 1. The molecule has 1 aromatic carbocycles. The lowest BCUT2D eigenvalue weighted by Crippen LogP contribution is -2.30. The smallest absolute Gasteiger partial charge is 0.307 e. The quantitative estimate of drug-likeness (QED) is 0.896. The Balaban J connectivity index is 2.15. The van der Waals surface area contributed by atoms with E-state index in [-0.39, 0.29) is 11.6 Å². The van der Waals surface area contributed by atoms with Crippen molar-refractivity contribution in [2.75, 3.05) is 5.32 Å². The molecule has 3 atom stereocenters. The van der Waals surface area contributed by atoms with Crippen LogP contribution in [0.5, 0.6) is 0 Å². The van der Waals surface area contributed by atoms with Crippen molar-refractivity contribution in [2.24, 2.45) is 17.8 Å². The molecule has 0 saturated heterocycles. The van der Waals surface area contributed by atoms with Gasteiger partial charge in [0.05, 0.1) is 17.5 Å². The topological polar surface area (TPSA) is 66.4 Å². The summed E-state index contributed by atoms with van der Waals surface area (Å²) in [4.78, 5) is 23.2. The van der Waals surface area contributed by atoms with Gasteiger partial charge in [-0.25, -0.2) is 8.78 Å². The zero-order chi connectivity index (χ0) is 14.9. The molecule has 2 rings (SSSR count). The first-order chi connectivity index (χ1) is 9.40. The van der Waals surface area contributed by atoms with E-state index in [4.69, 9.17) is 5.11 Å². The summed E-state index contributed by atoms with van der Waals surface area (Å²) >= 11 is 0. The number of rotatable bonds is 3. The molecule has 1 aromatic rings. The van der Waals surface area contributed by atoms with E-state index >= 15 is 0 Å². The fourth-order valence-corrected chi connectivity index (χ4v) is 2.68. The number of carbonyl (C=O) groups is 2. The van der Waals surface area contributed by atoms with Gasteiger partial charge in [-0.1, -0.05) is 13.0 Å². The molecule has 0 bridgehead atoms. The van der Waals surface area contributed by atoms with Gasteiger partial charge in [-0.3, -0.25) is 9.59 Å². The highest BCUT2D eigenvalue weighted by atomic mass is 19.2. The van der Waals surface area contributed by atoms with Crippen molar-refractivity contribution >= 4 is 17.6 Å². The molecular formula is C14H15F2NO3. The second-order valence-corrected chi connectivity index (χ2v) is 5.22. The fraction of sp³-hybridized carbons (Fsp3) is 0.429. The number of carboxylic acids is 1. The maximum atomic E-state index is 13.5. The van der Waals surface area contributed by atoms with Crippen LogP contribution in [0.15, 0.2) is 18.2 Å². The van der Waals surface area contributed by atoms with E-state index in [2.05, 4.69) is 5.32 Å². The van der Waals surface area contributed by atoms with Crippen LogP contribution >= 0.6 is 0 Å². The largest absolute Gasteiger partial charge is 0.481 e. The molecule has 1 aliphatic rings. The predicted molar refractivity (Wildman–Crippen MR) is 68.0 cm³/mol. The molecule has 0 aliphatic heterocycles. The molecule has 1 aliphatic carbocycles. The summed E-state index contributed by atoms with van der Waals surface area (Å²) in [5, 5.41) is 11.4. The van der Waals surface area contributed by atoms with E-state index in [1.807, 2.05) is 6.92 Å². The molecule has 0 radical (unpaired) electrons. The predicted octanol–water partition coefficient (Wildman–Crippen LogP) is 2.65. The number of carboxylic acid groups (broad SMARTS) is 1. The molecule has 0 heterocycles. The van der Waals surface area contributed by atoms with Gasteiger partial charge in [0, 0.05) is 0 Å². The van der Waals surface area contributed by atoms with E-state index in [0.29, 0.717) is 12.8 Å². The van der Waals surface area contributed by atoms with Crippen LogP contribution in [0.25, 0.3) is 0 Å². The van der Waals surface area contributed by atoms with Gasteiger partial charge in [-0.15, -0.1) is 0 Å². The standard InChI is InChI=1S/C14H15F2NO3/c1-7-5-8(9(6-7)14(19)20)13(18)17-11-4-2-3-10(15)12(11)16/h2-4,7-9H,5-6H2,1H3,(H,17,18)(H,19,20). The van der Waals surface area contributed by atoms with E-state index in [1.54, 1.807) is 0 Å². The summed E-state index contributed by atoms with van der Waals surface area (Å²) in [5.41, 5.74) is -0.265. The molecule has 108 valence electrons. The van der Waals surface area contributed by atoms with Crippen molar-refractivity contribution in [2.45, 2.75) is 19.8 Å². The van der Waals surface area contributed by atoms with Gasteiger partial charge in [0.1, 0.15) is 0 Å². The monoisotopic (exact) mass is 283 g/mol. The minimum absolute atomic E-state index is 0.115. The van der Waals surface area contributed by atoms with Crippen molar-refractivity contribution in [3.05, 3.63) is 29.8 Å². The van der Waals surface area contributed by atoms with Crippen LogP contribution in [0, 0.1) is 29.4 Å². The lowest BCUT2D eigenvalue weighted by molar-refractivity contribution is -0.145. The van der Waals surface area contributed by atoms with E-state index in [0.717, 1.165) is 6.07 Å². The molecule has 0 aromatic heterocycles. The Morgan fingerprint density at radius 1 is 1.25 bits per heavy atom. The zero-order valence-corrected chi connectivity index (χ0v) is 10.9. The molecule has 6 heteroatoms. The van der Waals surface area contributed by atoms with Crippen LogP contribution in [0.1, 0.15) is 19.8 Å². The molecule has 2 N–H and O–H groups in total. The summed E-state index contributed by atoms with van der Waals surface area (Å²) in [7, 11) is 0. The average molecular weight is 283 g/mol. The Morgan fingerprint density at radius 2 is 1.90 bits per heavy atom. The van der Waals surface area contributed by atoms with Crippen LogP contribution in [0.3, 0.4) is 0 Å². The minimum Gasteiger partial charge on any atom is -0.481 e. The van der Waals surface area contributed by atoms with Crippen LogP contribution in [0.4, 0.5) is 14.5 Å². The molecule has 20 heavy (non-hydrogen) atoms. The molecule has 1 saturated carbocycles. The SMILES string of the molecule is CC1CC(C(=O)O)C(C(=O)Nc2cccc(F)c2F)C1. The van der Waals surface area contributed by atoms with Crippen molar-refractivity contribution < 1.29 is 23.5 Å².